The third-order valence-corrected chi connectivity index (χ3v) is 1.98. The summed E-state index contributed by atoms with van der Waals surface area (Å²) in [6.45, 7) is -0.881. The number of carboxylic acids is 1. The van der Waals surface area contributed by atoms with E-state index in [9.17, 15) is 14.4 Å². The number of rotatable bonds is 6. The molecule has 8 heteroatoms. The van der Waals surface area contributed by atoms with Gasteiger partial charge < -0.3 is 25.5 Å². The molecule has 18 heavy (non-hydrogen) atoms. The Labute approximate surface area is 102 Å². The van der Waals surface area contributed by atoms with E-state index >= 15 is 0 Å². The number of amides is 3. The Bertz CT molecular complexity index is 413. The Kier molecular flexibility index (Phi) is 4.73. The molecule has 3 amide bonds. The molecule has 0 saturated heterocycles. The maximum absolute atomic E-state index is 11.6. The van der Waals surface area contributed by atoms with Gasteiger partial charge in [0.25, 0.3) is 0 Å². The number of nitrogens with one attached hydrogen (secondary N) is 1. The molecule has 4 N–H and O–H groups in total. The van der Waals surface area contributed by atoms with Crippen LogP contribution in [-0.2, 0) is 16.1 Å². The first-order chi connectivity index (χ1) is 8.49. The van der Waals surface area contributed by atoms with Crippen molar-refractivity contribution in [1.82, 2.24) is 10.2 Å². The molecule has 0 unspecified atom stereocenters. The summed E-state index contributed by atoms with van der Waals surface area (Å²) in [5.74, 6) is -2.01. The summed E-state index contributed by atoms with van der Waals surface area (Å²) in [5, 5.41) is 11.1. The zero-order valence-electron chi connectivity index (χ0n) is 9.46. The van der Waals surface area contributed by atoms with E-state index in [1.54, 1.807) is 6.07 Å². The summed E-state index contributed by atoms with van der Waals surface area (Å²) in [6, 6.07) is 0.966. The van der Waals surface area contributed by atoms with Gasteiger partial charge in [0.1, 0.15) is 13.1 Å². The van der Waals surface area contributed by atoms with Gasteiger partial charge in [0.05, 0.1) is 12.5 Å². The molecule has 0 saturated carbocycles. The number of carbonyl (C=O) groups is 3. The Morgan fingerprint density at radius 3 is 2.61 bits per heavy atom. The lowest BCUT2D eigenvalue weighted by atomic mass is 10.3. The normalized spacial score (nSPS) is 9.78. The van der Waals surface area contributed by atoms with Crippen LogP contribution < -0.4 is 11.1 Å². The van der Waals surface area contributed by atoms with Crippen molar-refractivity contribution in [1.29, 1.82) is 0 Å². The summed E-state index contributed by atoms with van der Waals surface area (Å²) in [4.78, 5) is 33.7. The highest BCUT2D eigenvalue weighted by atomic mass is 16.4. The topological polar surface area (TPSA) is 126 Å². The monoisotopic (exact) mass is 255 g/mol. The Morgan fingerprint density at radius 1 is 1.39 bits per heavy atom. The highest BCUT2D eigenvalue weighted by molar-refractivity contribution is 5.85. The van der Waals surface area contributed by atoms with Gasteiger partial charge in [0.2, 0.25) is 5.91 Å². The van der Waals surface area contributed by atoms with E-state index in [0.29, 0.717) is 0 Å². The second-order valence-corrected chi connectivity index (χ2v) is 3.51. The van der Waals surface area contributed by atoms with Crippen LogP contribution in [0.15, 0.2) is 23.0 Å². The molecule has 0 aliphatic heterocycles. The smallest absolute Gasteiger partial charge is 0.323 e. The molecule has 0 bridgehead atoms. The molecular formula is C10H13N3O5. The van der Waals surface area contributed by atoms with Crippen molar-refractivity contribution in [2.24, 2.45) is 5.73 Å². The van der Waals surface area contributed by atoms with Crippen molar-refractivity contribution >= 4 is 17.9 Å². The minimum atomic E-state index is -1.23. The van der Waals surface area contributed by atoms with Crippen molar-refractivity contribution in [3.63, 3.8) is 0 Å². The van der Waals surface area contributed by atoms with Crippen LogP contribution in [0.25, 0.3) is 0 Å². The lowest BCUT2D eigenvalue weighted by Gasteiger charge is -2.19. The van der Waals surface area contributed by atoms with Crippen LogP contribution >= 0.6 is 0 Å². The molecule has 1 heterocycles. The Morgan fingerprint density at radius 2 is 2.11 bits per heavy atom. The van der Waals surface area contributed by atoms with Crippen LogP contribution in [-0.4, -0.2) is 41.0 Å². The number of aliphatic carboxylic acids is 1. The lowest BCUT2D eigenvalue weighted by molar-refractivity contribution is -0.137. The van der Waals surface area contributed by atoms with Crippen LogP contribution in [0.5, 0.6) is 0 Å². The summed E-state index contributed by atoms with van der Waals surface area (Å²) in [7, 11) is 0. The van der Waals surface area contributed by atoms with E-state index in [4.69, 9.17) is 15.3 Å². The minimum absolute atomic E-state index is 0.171. The van der Waals surface area contributed by atoms with Crippen LogP contribution in [0.1, 0.15) is 5.56 Å². The standard InChI is InChI=1S/C10H13N3O5/c11-8(14)4-13(5-9(15)16)10(17)12-3-7-1-2-18-6-7/h1-2,6H,3-5H2,(H2,11,14)(H,12,17)(H,15,16). The molecule has 98 valence electrons. The van der Waals surface area contributed by atoms with Gasteiger partial charge in [-0.3, -0.25) is 9.59 Å². The van der Waals surface area contributed by atoms with Crippen molar-refractivity contribution in [3.8, 4) is 0 Å². The number of urea groups is 1. The average Bonchev–Trinajstić information content (AvgIpc) is 2.76. The van der Waals surface area contributed by atoms with Crippen molar-refractivity contribution < 1.29 is 23.9 Å². The lowest BCUT2D eigenvalue weighted by Crippen LogP contribution is -2.46. The number of hydrogen-bond acceptors (Lipinski definition) is 4. The van der Waals surface area contributed by atoms with Gasteiger partial charge in [-0.1, -0.05) is 0 Å². The second-order valence-electron chi connectivity index (χ2n) is 3.51. The van der Waals surface area contributed by atoms with Gasteiger partial charge in [0.15, 0.2) is 0 Å². The fraction of sp³-hybridized carbons (Fsp3) is 0.300. The summed E-state index contributed by atoms with van der Waals surface area (Å²) < 4.78 is 4.80. The first kappa shape index (κ1) is 13.6. The molecule has 1 aromatic heterocycles. The van der Waals surface area contributed by atoms with Gasteiger partial charge in [-0.15, -0.1) is 0 Å². The third-order valence-electron chi connectivity index (χ3n) is 1.98. The fourth-order valence-corrected chi connectivity index (χ4v) is 1.23. The van der Waals surface area contributed by atoms with Crippen molar-refractivity contribution in [2.45, 2.75) is 6.54 Å². The molecule has 0 fully saturated rings. The zero-order valence-corrected chi connectivity index (χ0v) is 9.46. The van der Waals surface area contributed by atoms with Gasteiger partial charge in [-0.2, -0.15) is 0 Å². The van der Waals surface area contributed by atoms with Crippen LogP contribution in [0.3, 0.4) is 0 Å². The first-order valence-electron chi connectivity index (χ1n) is 5.03. The van der Waals surface area contributed by atoms with E-state index in [1.165, 1.54) is 12.5 Å². The van der Waals surface area contributed by atoms with Gasteiger partial charge in [0, 0.05) is 12.1 Å². The first-order valence-corrected chi connectivity index (χ1v) is 5.03. The molecule has 0 atom stereocenters. The molecule has 8 nitrogen and oxygen atoms in total. The van der Waals surface area contributed by atoms with Gasteiger partial charge in [-0.05, 0) is 6.07 Å². The molecule has 0 aliphatic rings. The fourth-order valence-electron chi connectivity index (χ4n) is 1.23. The highest BCUT2D eigenvalue weighted by Crippen LogP contribution is 1.99. The van der Waals surface area contributed by atoms with E-state index in [1.807, 2.05) is 0 Å². The SMILES string of the molecule is NC(=O)CN(CC(=O)O)C(=O)NCc1ccoc1. The third kappa shape index (κ3) is 4.56. The van der Waals surface area contributed by atoms with Crippen LogP contribution in [0, 0.1) is 0 Å². The quantitative estimate of drug-likeness (QED) is 0.623. The number of primary amides is 1. The summed E-state index contributed by atoms with van der Waals surface area (Å²) >= 11 is 0. The van der Waals surface area contributed by atoms with E-state index < -0.39 is 31.0 Å². The van der Waals surface area contributed by atoms with Crippen LogP contribution in [0.4, 0.5) is 4.79 Å². The number of furan rings is 1. The van der Waals surface area contributed by atoms with E-state index in [0.717, 1.165) is 10.5 Å². The zero-order chi connectivity index (χ0) is 13.5. The molecule has 1 aromatic rings. The molecular weight excluding hydrogens is 242 g/mol. The molecule has 0 spiro atoms. The number of carbonyl (C=O) groups excluding carboxylic acids is 2. The molecule has 1 rings (SSSR count). The predicted molar refractivity (Wildman–Crippen MR) is 59.3 cm³/mol. The predicted octanol–water partition coefficient (Wildman–Crippen LogP) is -0.639. The van der Waals surface area contributed by atoms with Crippen molar-refractivity contribution in [2.75, 3.05) is 13.1 Å². The highest BCUT2D eigenvalue weighted by Gasteiger charge is 2.18. The number of nitrogens with two attached hydrogens (primary N) is 1. The molecule has 0 aromatic carbocycles. The summed E-state index contributed by atoms with van der Waals surface area (Å²) in [6.07, 6.45) is 2.88. The van der Waals surface area contributed by atoms with E-state index in [2.05, 4.69) is 5.32 Å². The second kappa shape index (κ2) is 6.28. The van der Waals surface area contributed by atoms with Gasteiger partial charge in [-0.25, -0.2) is 4.79 Å². The number of nitrogens with zero attached hydrogens (tertiary/aromatic N) is 1. The maximum Gasteiger partial charge on any atom is 0.323 e. The maximum atomic E-state index is 11.6. The minimum Gasteiger partial charge on any atom is -0.480 e. The Balaban J connectivity index is 2.52. The summed E-state index contributed by atoms with van der Waals surface area (Å²) in [5.41, 5.74) is 5.65. The number of carboxylic acid groups (broad SMARTS) is 1. The average molecular weight is 255 g/mol. The van der Waals surface area contributed by atoms with Gasteiger partial charge >= 0.3 is 12.0 Å². The van der Waals surface area contributed by atoms with E-state index in [-0.39, 0.29) is 6.54 Å². The molecule has 0 radical (unpaired) electrons. The molecule has 0 aliphatic carbocycles. The Hall–Kier alpha value is -2.51. The van der Waals surface area contributed by atoms with Crippen molar-refractivity contribution in [3.05, 3.63) is 24.2 Å². The number of hydrogen-bond donors (Lipinski definition) is 3. The van der Waals surface area contributed by atoms with Crippen LogP contribution in [0.2, 0.25) is 0 Å². The largest absolute Gasteiger partial charge is 0.480 e.